The Morgan fingerprint density at radius 1 is 1.35 bits per heavy atom. The van der Waals surface area contributed by atoms with E-state index in [1.807, 2.05) is 11.8 Å². The molecule has 0 aliphatic heterocycles. The van der Waals surface area contributed by atoms with E-state index in [0.29, 0.717) is 18.5 Å². The van der Waals surface area contributed by atoms with E-state index in [-0.39, 0.29) is 6.04 Å². The van der Waals surface area contributed by atoms with Crippen LogP contribution in [0.3, 0.4) is 0 Å². The summed E-state index contributed by atoms with van der Waals surface area (Å²) < 4.78 is 26.6. The predicted molar refractivity (Wildman–Crippen MR) is 63.7 cm³/mol. The molecular formula is C13H19F2NO. The fraction of sp³-hybridized carbons (Fsp3) is 0.538. The molecule has 4 heteroatoms. The number of likely N-dealkylation sites (N-methyl/N-ethyl adjacent to an activating group) is 1. The summed E-state index contributed by atoms with van der Waals surface area (Å²) in [7, 11) is 1.79. The van der Waals surface area contributed by atoms with E-state index < -0.39 is 17.7 Å². The van der Waals surface area contributed by atoms with Crippen molar-refractivity contribution in [1.82, 2.24) is 4.90 Å². The van der Waals surface area contributed by atoms with Crippen molar-refractivity contribution >= 4 is 0 Å². The molecule has 0 heterocycles. The van der Waals surface area contributed by atoms with Crippen molar-refractivity contribution in [3.63, 3.8) is 0 Å². The van der Waals surface area contributed by atoms with Gasteiger partial charge >= 0.3 is 0 Å². The molecule has 0 radical (unpaired) electrons. The molecule has 1 aromatic carbocycles. The minimum absolute atomic E-state index is 0.271. The maximum atomic E-state index is 13.5. The molecule has 0 saturated heterocycles. The van der Waals surface area contributed by atoms with Gasteiger partial charge in [0.05, 0.1) is 6.10 Å². The lowest BCUT2D eigenvalue weighted by Gasteiger charge is -2.27. The van der Waals surface area contributed by atoms with Crippen LogP contribution in [0, 0.1) is 11.6 Å². The second kappa shape index (κ2) is 6.07. The highest BCUT2D eigenvalue weighted by Crippen LogP contribution is 2.22. The monoisotopic (exact) mass is 243 g/mol. The van der Waals surface area contributed by atoms with Crippen LogP contribution in [0.4, 0.5) is 8.78 Å². The topological polar surface area (TPSA) is 23.5 Å². The Morgan fingerprint density at radius 3 is 2.59 bits per heavy atom. The van der Waals surface area contributed by atoms with Crippen molar-refractivity contribution in [3.8, 4) is 0 Å². The molecule has 0 fully saturated rings. The highest BCUT2D eigenvalue weighted by molar-refractivity contribution is 5.21. The lowest BCUT2D eigenvalue weighted by atomic mass is 10.1. The van der Waals surface area contributed by atoms with E-state index in [2.05, 4.69) is 0 Å². The molecule has 0 aliphatic rings. The SMILES string of the molecule is CCC(O)CN(C)C(C)c1cc(F)ccc1F. The number of benzene rings is 1. The molecule has 1 rings (SSSR count). The third-order valence-electron chi connectivity index (χ3n) is 3.04. The summed E-state index contributed by atoms with van der Waals surface area (Å²) in [5.74, 6) is -0.866. The van der Waals surface area contributed by atoms with Gasteiger partial charge in [-0.05, 0) is 38.6 Å². The van der Waals surface area contributed by atoms with Crippen molar-refractivity contribution in [2.45, 2.75) is 32.4 Å². The first-order chi connectivity index (χ1) is 7.95. The summed E-state index contributed by atoms with van der Waals surface area (Å²) in [6.45, 7) is 4.11. The van der Waals surface area contributed by atoms with Crippen LogP contribution >= 0.6 is 0 Å². The van der Waals surface area contributed by atoms with Crippen LogP contribution in [0.2, 0.25) is 0 Å². The van der Waals surface area contributed by atoms with Gasteiger partial charge in [0.2, 0.25) is 0 Å². The molecule has 0 amide bonds. The van der Waals surface area contributed by atoms with Crippen LogP contribution in [-0.4, -0.2) is 29.7 Å². The summed E-state index contributed by atoms with van der Waals surface area (Å²) in [4.78, 5) is 1.81. The van der Waals surface area contributed by atoms with Crippen LogP contribution in [0.1, 0.15) is 31.9 Å². The first-order valence-corrected chi connectivity index (χ1v) is 5.79. The zero-order valence-corrected chi connectivity index (χ0v) is 10.5. The summed E-state index contributed by atoms with van der Waals surface area (Å²) >= 11 is 0. The summed E-state index contributed by atoms with van der Waals surface area (Å²) in [6, 6.07) is 3.17. The molecule has 0 bridgehead atoms. The average Bonchev–Trinajstić information content (AvgIpc) is 2.31. The van der Waals surface area contributed by atoms with Gasteiger partial charge in [0.15, 0.2) is 0 Å². The highest BCUT2D eigenvalue weighted by Gasteiger charge is 2.18. The Bertz CT molecular complexity index is 370. The summed E-state index contributed by atoms with van der Waals surface area (Å²) in [5, 5.41) is 9.54. The number of nitrogens with zero attached hydrogens (tertiary/aromatic N) is 1. The van der Waals surface area contributed by atoms with Gasteiger partial charge < -0.3 is 5.11 Å². The Balaban J connectivity index is 2.80. The van der Waals surface area contributed by atoms with Gasteiger partial charge in [-0.25, -0.2) is 8.78 Å². The van der Waals surface area contributed by atoms with Crippen molar-refractivity contribution in [2.24, 2.45) is 0 Å². The fourth-order valence-electron chi connectivity index (χ4n) is 1.69. The van der Waals surface area contributed by atoms with Gasteiger partial charge in [0.25, 0.3) is 0 Å². The van der Waals surface area contributed by atoms with Crippen molar-refractivity contribution in [2.75, 3.05) is 13.6 Å². The van der Waals surface area contributed by atoms with E-state index in [4.69, 9.17) is 0 Å². The first-order valence-electron chi connectivity index (χ1n) is 5.79. The minimum atomic E-state index is -0.447. The number of rotatable bonds is 5. The predicted octanol–water partition coefficient (Wildman–Crippen LogP) is 2.73. The van der Waals surface area contributed by atoms with E-state index in [1.165, 1.54) is 6.07 Å². The Kier molecular flexibility index (Phi) is 5.02. The molecule has 2 unspecified atom stereocenters. The zero-order chi connectivity index (χ0) is 13.0. The van der Waals surface area contributed by atoms with Gasteiger partial charge in [0.1, 0.15) is 11.6 Å². The number of aliphatic hydroxyl groups is 1. The van der Waals surface area contributed by atoms with Crippen molar-refractivity contribution < 1.29 is 13.9 Å². The van der Waals surface area contributed by atoms with Crippen LogP contribution < -0.4 is 0 Å². The number of hydrogen-bond donors (Lipinski definition) is 1. The van der Waals surface area contributed by atoms with Gasteiger partial charge in [0, 0.05) is 18.2 Å². The largest absolute Gasteiger partial charge is 0.392 e. The minimum Gasteiger partial charge on any atom is -0.392 e. The third kappa shape index (κ3) is 3.75. The van der Waals surface area contributed by atoms with Crippen molar-refractivity contribution in [1.29, 1.82) is 0 Å². The van der Waals surface area contributed by atoms with E-state index >= 15 is 0 Å². The smallest absolute Gasteiger partial charge is 0.128 e. The Labute approximate surface area is 101 Å². The van der Waals surface area contributed by atoms with Crippen molar-refractivity contribution in [3.05, 3.63) is 35.4 Å². The Hall–Kier alpha value is -1.00. The third-order valence-corrected chi connectivity index (χ3v) is 3.04. The molecule has 2 atom stereocenters. The zero-order valence-electron chi connectivity index (χ0n) is 10.5. The Morgan fingerprint density at radius 2 is 2.00 bits per heavy atom. The summed E-state index contributed by atoms with van der Waals surface area (Å²) in [6.07, 6.45) is 0.196. The van der Waals surface area contributed by atoms with Gasteiger partial charge in [-0.3, -0.25) is 4.90 Å². The van der Waals surface area contributed by atoms with Gasteiger partial charge in [-0.15, -0.1) is 0 Å². The first kappa shape index (κ1) is 14.1. The number of aliphatic hydroxyl groups excluding tert-OH is 1. The lowest BCUT2D eigenvalue weighted by molar-refractivity contribution is 0.104. The van der Waals surface area contributed by atoms with Crippen LogP contribution in [0.5, 0.6) is 0 Å². The fourth-order valence-corrected chi connectivity index (χ4v) is 1.69. The summed E-state index contributed by atoms with van der Waals surface area (Å²) in [5.41, 5.74) is 0.316. The second-order valence-electron chi connectivity index (χ2n) is 4.34. The number of halogens is 2. The molecule has 2 nitrogen and oxygen atoms in total. The molecule has 0 aliphatic carbocycles. The molecule has 96 valence electrons. The number of hydrogen-bond acceptors (Lipinski definition) is 2. The molecule has 17 heavy (non-hydrogen) atoms. The van der Waals surface area contributed by atoms with Gasteiger partial charge in [-0.1, -0.05) is 6.92 Å². The lowest BCUT2D eigenvalue weighted by Crippen LogP contribution is -2.31. The normalized spacial score (nSPS) is 15.0. The van der Waals surface area contributed by atoms with E-state index in [1.54, 1.807) is 14.0 Å². The average molecular weight is 243 g/mol. The van der Waals surface area contributed by atoms with Crippen LogP contribution in [0.15, 0.2) is 18.2 Å². The van der Waals surface area contributed by atoms with E-state index in [9.17, 15) is 13.9 Å². The maximum Gasteiger partial charge on any atom is 0.128 e. The van der Waals surface area contributed by atoms with E-state index in [0.717, 1.165) is 12.1 Å². The van der Waals surface area contributed by atoms with Crippen LogP contribution in [-0.2, 0) is 0 Å². The molecule has 1 N–H and O–H groups in total. The quantitative estimate of drug-likeness (QED) is 0.859. The standard InChI is InChI=1S/C13H19F2NO/c1-4-11(17)8-16(3)9(2)12-7-10(14)5-6-13(12)15/h5-7,9,11,17H,4,8H2,1-3H3. The molecule has 1 aromatic rings. The van der Waals surface area contributed by atoms with Crippen LogP contribution in [0.25, 0.3) is 0 Å². The molecular weight excluding hydrogens is 224 g/mol. The molecule has 0 saturated carbocycles. The highest BCUT2D eigenvalue weighted by atomic mass is 19.1. The maximum absolute atomic E-state index is 13.5. The second-order valence-corrected chi connectivity index (χ2v) is 4.34. The van der Waals surface area contributed by atoms with Gasteiger partial charge in [-0.2, -0.15) is 0 Å². The molecule has 0 aromatic heterocycles. The molecule has 0 spiro atoms.